The molecule has 3 amide bonds. The van der Waals surface area contributed by atoms with E-state index in [0.29, 0.717) is 56.8 Å². The van der Waals surface area contributed by atoms with Crippen LogP contribution >= 0.6 is 11.3 Å². The molecule has 0 bridgehead atoms. The highest BCUT2D eigenvalue weighted by Gasteiger charge is 2.42. The Balaban J connectivity index is 0.704. The van der Waals surface area contributed by atoms with E-state index in [9.17, 15) is 14.4 Å². The summed E-state index contributed by atoms with van der Waals surface area (Å²) in [7, 11) is 1.77. The number of nitrogens with one attached hydrogen (secondary N) is 3. The molecule has 1 aromatic carbocycles. The monoisotopic (exact) mass is 1050 g/mol. The van der Waals surface area contributed by atoms with Crippen LogP contribution in [-0.4, -0.2) is 166 Å². The highest BCUT2D eigenvalue weighted by atomic mass is 32.1. The maximum Gasteiger partial charge on any atom is 0.246 e. The molecule has 19 nitrogen and oxygen atoms in total. The van der Waals surface area contributed by atoms with Crippen LogP contribution in [0.1, 0.15) is 109 Å². The van der Waals surface area contributed by atoms with E-state index in [0.717, 1.165) is 117 Å². The number of rotatable bonds is 23. The molecule has 0 saturated carbocycles. The molecule has 3 fully saturated rings. The quantitative estimate of drug-likeness (QED) is 0.0570. The average molecular weight is 1050 g/mol. The van der Waals surface area contributed by atoms with Gasteiger partial charge in [-0.2, -0.15) is 4.98 Å². The normalized spacial score (nSPS) is 18.0. The van der Waals surface area contributed by atoms with E-state index < -0.39 is 17.5 Å². The molecule has 7 heterocycles. The molecular formula is C55H79N13O6S. The molecule has 20 heteroatoms. The molecule has 406 valence electrons. The van der Waals surface area contributed by atoms with Crippen LogP contribution in [0.4, 0.5) is 17.6 Å². The van der Waals surface area contributed by atoms with Crippen LogP contribution in [0.2, 0.25) is 0 Å². The fourth-order valence-corrected chi connectivity index (χ4v) is 11.2. The van der Waals surface area contributed by atoms with Crippen molar-refractivity contribution < 1.29 is 28.6 Å². The number of carbonyl (C=O) groups excluding carboxylic acids is 3. The Labute approximate surface area is 446 Å². The smallest absolute Gasteiger partial charge is 0.246 e. The molecule has 3 saturated heterocycles. The van der Waals surface area contributed by atoms with Crippen LogP contribution in [0.5, 0.6) is 0 Å². The van der Waals surface area contributed by atoms with Gasteiger partial charge < -0.3 is 54.3 Å². The number of pyridine rings is 1. The number of amides is 3. The van der Waals surface area contributed by atoms with Crippen molar-refractivity contribution in [3.8, 4) is 10.4 Å². The third-order valence-corrected chi connectivity index (χ3v) is 15.6. The first-order chi connectivity index (χ1) is 36.1. The maximum absolute atomic E-state index is 14.1. The lowest BCUT2D eigenvalue weighted by Crippen LogP contribution is -2.58. The van der Waals surface area contributed by atoms with E-state index in [1.54, 1.807) is 35.7 Å². The highest BCUT2D eigenvalue weighted by Crippen LogP contribution is 2.31. The lowest BCUT2D eigenvalue weighted by Gasteiger charge is -2.35. The first kappa shape index (κ1) is 55.6. The lowest BCUT2D eigenvalue weighted by molar-refractivity contribution is -0.144. The third kappa shape index (κ3) is 14.6. The summed E-state index contributed by atoms with van der Waals surface area (Å²) >= 11 is 1.61. The maximum atomic E-state index is 14.1. The average Bonchev–Trinajstić information content (AvgIpc) is 4.17. The summed E-state index contributed by atoms with van der Waals surface area (Å²) in [6, 6.07) is 10.6. The standard InChI is InChI=1S/C55H79N13O6S/c1-37(2)68-45-32-47(61-46-17-20-56-54(62-46)66-24-18-42(72-8)19-25-66)57-33-43(45)60-48(68)34-73-30-10-21-64-26-28-65(29-27-64)22-11-31-74-35-49(69)63-51(55(5,6)7)53(71)67-23-9-12-44(67)52(70)59-38(3)40-13-15-41(16-14-40)50-39(4)58-36-75-50/h13-17,20,32-33,36-38,42,44,51H,9-12,18-19,21-31,34-35H2,1-8H3,(H,59,70)(H,63,69)(H,56,57,61,62)/t38-,44-,51+/m0/s1. The van der Waals surface area contributed by atoms with Gasteiger partial charge in [-0.05, 0) is 88.8 Å². The Morgan fingerprint density at radius 3 is 2.19 bits per heavy atom. The molecule has 3 N–H and O–H groups in total. The molecule has 3 atom stereocenters. The second-order valence-electron chi connectivity index (χ2n) is 21.5. The number of methoxy groups -OCH3 is 1. The van der Waals surface area contributed by atoms with Gasteiger partial charge in [0.2, 0.25) is 23.7 Å². The summed E-state index contributed by atoms with van der Waals surface area (Å²) < 4.78 is 19.8. The van der Waals surface area contributed by atoms with Crippen molar-refractivity contribution >= 4 is 57.7 Å². The van der Waals surface area contributed by atoms with Crippen LogP contribution in [-0.2, 0) is 35.2 Å². The Hall–Kier alpha value is -5.64. The number of carbonyl (C=O) groups is 3. The van der Waals surface area contributed by atoms with Gasteiger partial charge in [-0.15, -0.1) is 11.3 Å². The van der Waals surface area contributed by atoms with E-state index in [1.807, 2.05) is 64.4 Å². The lowest BCUT2D eigenvalue weighted by atomic mass is 9.85. The van der Waals surface area contributed by atoms with Crippen LogP contribution in [0.25, 0.3) is 21.5 Å². The van der Waals surface area contributed by atoms with E-state index in [-0.39, 0.29) is 42.5 Å². The summed E-state index contributed by atoms with van der Waals surface area (Å²) in [6.07, 6.45) is 8.81. The van der Waals surface area contributed by atoms with Crippen molar-refractivity contribution in [1.82, 2.24) is 54.8 Å². The minimum absolute atomic E-state index is 0.133. The van der Waals surface area contributed by atoms with Crippen molar-refractivity contribution in [1.29, 1.82) is 0 Å². The molecule has 5 aromatic rings. The topological polar surface area (TPSA) is 197 Å². The van der Waals surface area contributed by atoms with Crippen molar-refractivity contribution in [3.05, 3.63) is 71.4 Å². The number of piperazine rings is 1. The largest absolute Gasteiger partial charge is 0.381 e. The number of anilines is 3. The van der Waals surface area contributed by atoms with Gasteiger partial charge >= 0.3 is 0 Å². The van der Waals surface area contributed by atoms with E-state index >= 15 is 0 Å². The minimum Gasteiger partial charge on any atom is -0.381 e. The number of ether oxygens (including phenoxy) is 3. The van der Waals surface area contributed by atoms with Gasteiger partial charge in [-0.25, -0.2) is 19.9 Å². The Morgan fingerprint density at radius 2 is 1.53 bits per heavy atom. The molecule has 0 unspecified atom stereocenters. The summed E-state index contributed by atoms with van der Waals surface area (Å²) in [5.74, 6) is 2.20. The second-order valence-corrected chi connectivity index (χ2v) is 22.4. The molecule has 8 rings (SSSR count). The van der Waals surface area contributed by atoms with Gasteiger partial charge in [0.1, 0.15) is 48.3 Å². The van der Waals surface area contributed by atoms with Crippen molar-refractivity contribution in [2.45, 2.75) is 124 Å². The summed E-state index contributed by atoms with van der Waals surface area (Å²) in [5.41, 5.74) is 6.15. The van der Waals surface area contributed by atoms with Crippen molar-refractivity contribution in [2.75, 3.05) is 96.0 Å². The van der Waals surface area contributed by atoms with Crippen LogP contribution in [0.3, 0.4) is 0 Å². The number of benzene rings is 1. The molecule has 0 radical (unpaired) electrons. The number of aromatic nitrogens is 6. The number of thiazole rings is 1. The molecule has 0 aliphatic carbocycles. The van der Waals surface area contributed by atoms with Crippen LogP contribution in [0, 0.1) is 12.3 Å². The zero-order valence-corrected chi connectivity index (χ0v) is 46.2. The number of imidazole rings is 1. The summed E-state index contributed by atoms with van der Waals surface area (Å²) in [5, 5.41) is 9.48. The zero-order chi connectivity index (χ0) is 53.1. The molecule has 3 aliphatic rings. The number of likely N-dealkylation sites (tertiary alicyclic amines) is 1. The first-order valence-corrected chi connectivity index (χ1v) is 27.8. The minimum atomic E-state index is -0.808. The van der Waals surface area contributed by atoms with E-state index in [4.69, 9.17) is 24.2 Å². The molecule has 75 heavy (non-hydrogen) atoms. The van der Waals surface area contributed by atoms with E-state index in [2.05, 4.69) is 76.1 Å². The van der Waals surface area contributed by atoms with Gasteiger partial charge in [0.25, 0.3) is 0 Å². The number of fused-ring (bicyclic) bond motifs is 1. The van der Waals surface area contributed by atoms with E-state index in [1.165, 1.54) is 0 Å². The van der Waals surface area contributed by atoms with Crippen molar-refractivity contribution in [3.63, 3.8) is 0 Å². The Bertz CT molecular complexity index is 2660. The molecular weight excluding hydrogens is 971 g/mol. The first-order valence-electron chi connectivity index (χ1n) is 26.9. The highest BCUT2D eigenvalue weighted by molar-refractivity contribution is 7.13. The van der Waals surface area contributed by atoms with Crippen molar-refractivity contribution in [2.24, 2.45) is 5.41 Å². The Kier molecular flexibility index (Phi) is 19.2. The van der Waals surface area contributed by atoms with Gasteiger partial charge in [-0.3, -0.25) is 14.4 Å². The zero-order valence-electron chi connectivity index (χ0n) is 45.3. The third-order valence-electron chi connectivity index (χ3n) is 14.6. The van der Waals surface area contributed by atoms with Crippen LogP contribution < -0.4 is 20.9 Å². The predicted molar refractivity (Wildman–Crippen MR) is 293 cm³/mol. The van der Waals surface area contributed by atoms with Crippen LogP contribution in [0.15, 0.2) is 54.3 Å². The SMILES string of the molecule is COC1CCN(c2nccc(Nc3cc4c(cn3)nc(COCCCN3CCN(CCCOCC(=O)N[C@H](C(=O)N5CCC[C@H]5C(=O)N[C@@H](C)c5ccc(-c6scnc6C)cc5)C(C)(C)C)CC3)n4C(C)C)n2)CC1. The number of piperidine rings is 1. The van der Waals surface area contributed by atoms with Gasteiger partial charge in [0.15, 0.2) is 0 Å². The fourth-order valence-electron chi connectivity index (χ4n) is 10.3. The summed E-state index contributed by atoms with van der Waals surface area (Å²) in [4.78, 5) is 74.1. The predicted octanol–water partition coefficient (Wildman–Crippen LogP) is 6.92. The molecule has 3 aliphatic heterocycles. The molecule has 4 aromatic heterocycles. The molecule has 0 spiro atoms. The van der Waals surface area contributed by atoms with Gasteiger partial charge in [0, 0.05) is 97.5 Å². The summed E-state index contributed by atoms with van der Waals surface area (Å²) in [6.45, 7) is 23.4. The second kappa shape index (κ2) is 25.9. The number of aryl methyl sites for hydroxylation is 1. The van der Waals surface area contributed by atoms with Gasteiger partial charge in [0.05, 0.1) is 39.9 Å². The fraction of sp³-hybridized carbons (Fsp3) is 0.600. The number of hydrogen-bond donors (Lipinski definition) is 3. The Morgan fingerprint density at radius 1 is 0.827 bits per heavy atom. The number of nitrogens with zero attached hydrogens (tertiary/aromatic N) is 10. The number of hydrogen-bond acceptors (Lipinski definition) is 16. The van der Waals surface area contributed by atoms with Gasteiger partial charge in [-0.1, -0.05) is 45.0 Å².